The molecule has 0 bridgehead atoms. The van der Waals surface area contributed by atoms with Gasteiger partial charge in [-0.15, -0.1) is 12.4 Å². The van der Waals surface area contributed by atoms with E-state index in [2.05, 4.69) is 4.74 Å². The lowest BCUT2D eigenvalue weighted by molar-refractivity contribution is -0.142. The molecule has 0 radical (unpaired) electrons. The minimum atomic E-state index is -0.863. The normalized spacial score (nSPS) is 11.2. The number of benzene rings is 1. The molecular weight excluding hydrogens is 237 g/mol. The van der Waals surface area contributed by atoms with E-state index in [4.69, 9.17) is 10.5 Å². The fourth-order valence-corrected chi connectivity index (χ4v) is 0.962. The zero-order valence-electron chi connectivity index (χ0n) is 8.68. The molecule has 1 unspecified atom stereocenters. The van der Waals surface area contributed by atoms with Crippen LogP contribution in [0.15, 0.2) is 24.3 Å². The number of hydrogen-bond acceptors (Lipinski definition) is 4. The molecule has 1 atom stereocenters. The van der Waals surface area contributed by atoms with Crippen LogP contribution in [0, 0.1) is 5.82 Å². The van der Waals surface area contributed by atoms with E-state index in [-0.39, 0.29) is 19.0 Å². The van der Waals surface area contributed by atoms with Crippen molar-refractivity contribution in [3.8, 4) is 5.75 Å². The second-order valence-corrected chi connectivity index (χ2v) is 2.90. The summed E-state index contributed by atoms with van der Waals surface area (Å²) in [6, 6.07) is 4.73. The van der Waals surface area contributed by atoms with Crippen molar-refractivity contribution in [2.45, 2.75) is 6.04 Å². The summed E-state index contributed by atoms with van der Waals surface area (Å²) in [6.07, 6.45) is 0. The molecular formula is C10H13ClFNO3. The van der Waals surface area contributed by atoms with Gasteiger partial charge in [0, 0.05) is 6.07 Å². The zero-order chi connectivity index (χ0) is 11.3. The number of ether oxygens (including phenoxy) is 2. The Balaban J connectivity index is 0.00000225. The molecule has 0 aliphatic carbocycles. The molecule has 6 heteroatoms. The van der Waals surface area contributed by atoms with Crippen LogP contribution in [0.3, 0.4) is 0 Å². The van der Waals surface area contributed by atoms with Crippen LogP contribution in [0.2, 0.25) is 0 Å². The molecule has 0 heterocycles. The van der Waals surface area contributed by atoms with Crippen LogP contribution in [0.1, 0.15) is 0 Å². The second-order valence-electron chi connectivity index (χ2n) is 2.90. The molecule has 0 aliphatic heterocycles. The van der Waals surface area contributed by atoms with Crippen molar-refractivity contribution in [1.82, 2.24) is 0 Å². The summed E-state index contributed by atoms with van der Waals surface area (Å²) in [7, 11) is 1.24. The van der Waals surface area contributed by atoms with Crippen LogP contribution in [-0.4, -0.2) is 25.7 Å². The van der Waals surface area contributed by atoms with E-state index in [0.29, 0.717) is 5.75 Å². The van der Waals surface area contributed by atoms with Gasteiger partial charge in [-0.2, -0.15) is 0 Å². The van der Waals surface area contributed by atoms with Crippen LogP contribution >= 0.6 is 12.4 Å². The summed E-state index contributed by atoms with van der Waals surface area (Å²) < 4.78 is 22.2. The first-order chi connectivity index (χ1) is 7.13. The maximum absolute atomic E-state index is 12.7. The standard InChI is InChI=1S/C10H12FNO3.ClH/c1-14-10(13)9(12)6-15-8-4-2-3-7(11)5-8;/h2-5,9H,6,12H2,1H3;1H. The van der Waals surface area contributed by atoms with E-state index in [0.717, 1.165) is 0 Å². The number of carbonyl (C=O) groups excluding carboxylic acids is 1. The van der Waals surface area contributed by atoms with E-state index < -0.39 is 17.8 Å². The van der Waals surface area contributed by atoms with Gasteiger partial charge in [0.15, 0.2) is 0 Å². The average molecular weight is 250 g/mol. The molecule has 90 valence electrons. The Morgan fingerprint density at radius 3 is 2.81 bits per heavy atom. The molecule has 1 aromatic carbocycles. The molecule has 0 spiro atoms. The highest BCUT2D eigenvalue weighted by molar-refractivity contribution is 5.85. The SMILES string of the molecule is COC(=O)C(N)COc1cccc(F)c1.Cl. The third-order valence-electron chi connectivity index (χ3n) is 1.73. The highest BCUT2D eigenvalue weighted by atomic mass is 35.5. The molecule has 4 nitrogen and oxygen atoms in total. The van der Waals surface area contributed by atoms with Gasteiger partial charge in [0.25, 0.3) is 0 Å². The Morgan fingerprint density at radius 2 is 2.25 bits per heavy atom. The van der Waals surface area contributed by atoms with Crippen LogP contribution in [0.4, 0.5) is 4.39 Å². The number of nitrogens with two attached hydrogens (primary N) is 1. The minimum Gasteiger partial charge on any atom is -0.491 e. The number of hydrogen-bond donors (Lipinski definition) is 1. The van der Waals surface area contributed by atoms with Crippen LogP contribution in [0.25, 0.3) is 0 Å². The van der Waals surface area contributed by atoms with Gasteiger partial charge in [0.1, 0.15) is 24.2 Å². The Kier molecular flexibility index (Phi) is 6.44. The molecule has 1 rings (SSSR count). The quantitative estimate of drug-likeness (QED) is 0.813. The summed E-state index contributed by atoms with van der Waals surface area (Å²) in [5.74, 6) is -0.639. The average Bonchev–Trinajstić information content (AvgIpc) is 2.25. The second kappa shape index (κ2) is 7.03. The van der Waals surface area contributed by atoms with E-state index in [1.54, 1.807) is 6.07 Å². The van der Waals surface area contributed by atoms with Crippen molar-refractivity contribution >= 4 is 18.4 Å². The molecule has 0 aromatic heterocycles. The monoisotopic (exact) mass is 249 g/mol. The molecule has 0 amide bonds. The Morgan fingerprint density at radius 1 is 1.56 bits per heavy atom. The molecule has 0 fully saturated rings. The van der Waals surface area contributed by atoms with Crippen molar-refractivity contribution in [2.75, 3.05) is 13.7 Å². The van der Waals surface area contributed by atoms with Crippen LogP contribution in [0.5, 0.6) is 5.75 Å². The van der Waals surface area contributed by atoms with Gasteiger partial charge in [-0.25, -0.2) is 4.39 Å². The van der Waals surface area contributed by atoms with Crippen molar-refractivity contribution in [3.05, 3.63) is 30.1 Å². The Bertz CT molecular complexity index is 349. The van der Waals surface area contributed by atoms with Crippen LogP contribution < -0.4 is 10.5 Å². The highest BCUT2D eigenvalue weighted by Gasteiger charge is 2.14. The van der Waals surface area contributed by atoms with E-state index >= 15 is 0 Å². The first-order valence-electron chi connectivity index (χ1n) is 4.35. The summed E-state index contributed by atoms with van der Waals surface area (Å²) in [6.45, 7) is -0.0455. The van der Waals surface area contributed by atoms with Gasteiger partial charge < -0.3 is 15.2 Å². The summed E-state index contributed by atoms with van der Waals surface area (Å²) in [5.41, 5.74) is 5.42. The zero-order valence-corrected chi connectivity index (χ0v) is 9.50. The van der Waals surface area contributed by atoms with Gasteiger partial charge >= 0.3 is 5.97 Å². The maximum Gasteiger partial charge on any atom is 0.326 e. The van der Waals surface area contributed by atoms with Gasteiger partial charge in [-0.05, 0) is 12.1 Å². The van der Waals surface area contributed by atoms with Crippen LogP contribution in [-0.2, 0) is 9.53 Å². The molecule has 0 aliphatic rings. The number of methoxy groups -OCH3 is 1. The molecule has 0 saturated heterocycles. The predicted octanol–water partition coefficient (Wildman–Crippen LogP) is 1.13. The van der Waals surface area contributed by atoms with Gasteiger partial charge in [0.2, 0.25) is 0 Å². The third-order valence-corrected chi connectivity index (χ3v) is 1.73. The van der Waals surface area contributed by atoms with Gasteiger partial charge in [0.05, 0.1) is 7.11 Å². The van der Waals surface area contributed by atoms with Gasteiger partial charge in [-0.1, -0.05) is 6.07 Å². The third kappa shape index (κ3) is 4.46. The Hall–Kier alpha value is -1.33. The van der Waals surface area contributed by atoms with E-state index in [1.165, 1.54) is 25.3 Å². The van der Waals surface area contributed by atoms with E-state index in [1.807, 2.05) is 0 Å². The summed E-state index contributed by atoms with van der Waals surface area (Å²) >= 11 is 0. The lowest BCUT2D eigenvalue weighted by atomic mass is 10.3. The van der Waals surface area contributed by atoms with Gasteiger partial charge in [-0.3, -0.25) is 4.79 Å². The summed E-state index contributed by atoms with van der Waals surface area (Å²) in [4.78, 5) is 10.9. The summed E-state index contributed by atoms with van der Waals surface area (Å²) in [5, 5.41) is 0. The fraction of sp³-hybridized carbons (Fsp3) is 0.300. The maximum atomic E-state index is 12.7. The highest BCUT2D eigenvalue weighted by Crippen LogP contribution is 2.11. The minimum absolute atomic E-state index is 0. The van der Waals surface area contributed by atoms with E-state index in [9.17, 15) is 9.18 Å². The van der Waals surface area contributed by atoms with Crippen molar-refractivity contribution in [2.24, 2.45) is 5.73 Å². The number of esters is 1. The van der Waals surface area contributed by atoms with Crippen molar-refractivity contribution < 1.29 is 18.7 Å². The number of carbonyl (C=O) groups is 1. The predicted molar refractivity (Wildman–Crippen MR) is 59.1 cm³/mol. The lowest BCUT2D eigenvalue weighted by Gasteiger charge is -2.10. The lowest BCUT2D eigenvalue weighted by Crippen LogP contribution is -2.37. The van der Waals surface area contributed by atoms with Crippen molar-refractivity contribution in [3.63, 3.8) is 0 Å². The van der Waals surface area contributed by atoms with Crippen molar-refractivity contribution in [1.29, 1.82) is 0 Å². The first kappa shape index (κ1) is 14.7. The molecule has 0 saturated carbocycles. The number of rotatable bonds is 4. The topological polar surface area (TPSA) is 61.5 Å². The first-order valence-corrected chi connectivity index (χ1v) is 4.35. The smallest absolute Gasteiger partial charge is 0.326 e. The largest absolute Gasteiger partial charge is 0.491 e. The molecule has 16 heavy (non-hydrogen) atoms. The molecule has 1 aromatic rings. The fourth-order valence-electron chi connectivity index (χ4n) is 0.962. The molecule has 2 N–H and O–H groups in total. The number of halogens is 2. The Labute approximate surface area is 98.9 Å².